The van der Waals surface area contributed by atoms with Gasteiger partial charge in [-0.2, -0.15) is 0 Å². The second-order valence-electron chi connectivity index (χ2n) is 5.99. The van der Waals surface area contributed by atoms with Crippen molar-refractivity contribution in [2.24, 2.45) is 0 Å². The second kappa shape index (κ2) is 11.6. The number of ether oxygens (including phenoxy) is 4. The SMILES string of the molecule is CCOC(=O)c1ccccc1NC(=O)COC(=O)/C=C/c1cc(Cl)c(OC)c(OC)c1. The number of benzene rings is 2. The molecule has 2 aromatic carbocycles. The molecule has 2 rings (SSSR count). The van der Waals surface area contributed by atoms with Crippen molar-refractivity contribution in [2.45, 2.75) is 6.92 Å². The Bertz CT molecular complexity index is 988. The molecule has 1 N–H and O–H groups in total. The van der Waals surface area contributed by atoms with E-state index >= 15 is 0 Å². The Balaban J connectivity index is 1.96. The van der Waals surface area contributed by atoms with Crippen LogP contribution in [0.2, 0.25) is 5.02 Å². The predicted molar refractivity (Wildman–Crippen MR) is 116 cm³/mol. The molecule has 0 saturated carbocycles. The number of methoxy groups -OCH3 is 2. The minimum absolute atomic E-state index is 0.203. The van der Waals surface area contributed by atoms with Crippen LogP contribution in [0.1, 0.15) is 22.8 Å². The normalized spacial score (nSPS) is 10.5. The fourth-order valence-corrected chi connectivity index (χ4v) is 2.84. The molecule has 8 nitrogen and oxygen atoms in total. The molecular formula is C22H22ClNO7. The van der Waals surface area contributed by atoms with Gasteiger partial charge in [0.1, 0.15) is 0 Å². The van der Waals surface area contributed by atoms with E-state index in [9.17, 15) is 14.4 Å². The molecule has 0 aromatic heterocycles. The second-order valence-corrected chi connectivity index (χ2v) is 6.40. The topological polar surface area (TPSA) is 100 Å². The number of anilines is 1. The molecule has 0 fully saturated rings. The smallest absolute Gasteiger partial charge is 0.340 e. The minimum atomic E-state index is -0.736. The number of hydrogen-bond donors (Lipinski definition) is 1. The van der Waals surface area contributed by atoms with Crippen molar-refractivity contribution in [3.63, 3.8) is 0 Å². The summed E-state index contributed by atoms with van der Waals surface area (Å²) in [5.41, 5.74) is 1.04. The summed E-state index contributed by atoms with van der Waals surface area (Å²) in [4.78, 5) is 36.0. The van der Waals surface area contributed by atoms with Crippen LogP contribution in [0.5, 0.6) is 11.5 Å². The van der Waals surface area contributed by atoms with Crippen LogP contribution >= 0.6 is 11.6 Å². The van der Waals surface area contributed by atoms with E-state index < -0.39 is 24.5 Å². The molecule has 0 aliphatic rings. The summed E-state index contributed by atoms with van der Waals surface area (Å²) in [6.07, 6.45) is 2.61. The van der Waals surface area contributed by atoms with Crippen molar-refractivity contribution < 1.29 is 33.3 Å². The number of hydrogen-bond acceptors (Lipinski definition) is 7. The first-order valence-corrected chi connectivity index (χ1v) is 9.59. The summed E-state index contributed by atoms with van der Waals surface area (Å²) >= 11 is 6.12. The molecule has 0 aliphatic heterocycles. The van der Waals surface area contributed by atoms with Gasteiger partial charge in [0.15, 0.2) is 18.1 Å². The van der Waals surface area contributed by atoms with Crippen LogP contribution in [-0.4, -0.2) is 45.3 Å². The van der Waals surface area contributed by atoms with Crippen molar-refractivity contribution in [1.29, 1.82) is 0 Å². The molecule has 0 heterocycles. The number of esters is 2. The van der Waals surface area contributed by atoms with Crippen molar-refractivity contribution in [3.8, 4) is 11.5 Å². The lowest BCUT2D eigenvalue weighted by atomic mass is 10.2. The molecule has 0 saturated heterocycles. The van der Waals surface area contributed by atoms with Crippen molar-refractivity contribution in [2.75, 3.05) is 32.8 Å². The highest BCUT2D eigenvalue weighted by Gasteiger charge is 2.15. The van der Waals surface area contributed by atoms with E-state index in [-0.39, 0.29) is 17.9 Å². The van der Waals surface area contributed by atoms with Gasteiger partial charge in [0.2, 0.25) is 0 Å². The first-order valence-electron chi connectivity index (χ1n) is 9.22. The summed E-state index contributed by atoms with van der Waals surface area (Å²) in [6, 6.07) is 9.59. The average molecular weight is 448 g/mol. The van der Waals surface area contributed by atoms with Crippen LogP contribution < -0.4 is 14.8 Å². The molecule has 2 aromatic rings. The van der Waals surface area contributed by atoms with E-state index in [0.29, 0.717) is 22.1 Å². The maximum absolute atomic E-state index is 12.1. The third-order valence-corrected chi connectivity index (χ3v) is 4.19. The van der Waals surface area contributed by atoms with E-state index in [1.54, 1.807) is 37.3 Å². The summed E-state index contributed by atoms with van der Waals surface area (Å²) in [5.74, 6) is -1.12. The van der Waals surface area contributed by atoms with Crippen LogP contribution in [-0.2, 0) is 19.1 Å². The lowest BCUT2D eigenvalue weighted by molar-refractivity contribution is -0.142. The van der Waals surface area contributed by atoms with Gasteiger partial charge in [0.25, 0.3) is 5.91 Å². The number of carbonyl (C=O) groups is 3. The standard InChI is InChI=1S/C22H22ClNO7/c1-4-30-22(27)15-7-5-6-8-17(15)24-19(25)13-31-20(26)10-9-14-11-16(23)21(29-3)18(12-14)28-2/h5-12H,4,13H2,1-3H3,(H,24,25)/b10-9+. The van der Waals surface area contributed by atoms with Crippen LogP contribution in [0.3, 0.4) is 0 Å². The zero-order chi connectivity index (χ0) is 22.8. The number of rotatable bonds is 9. The van der Waals surface area contributed by atoms with Crippen molar-refractivity contribution >= 4 is 41.2 Å². The minimum Gasteiger partial charge on any atom is -0.493 e. The van der Waals surface area contributed by atoms with Gasteiger partial charge in [-0.05, 0) is 42.8 Å². The average Bonchev–Trinajstić information content (AvgIpc) is 2.76. The Morgan fingerprint density at radius 3 is 2.48 bits per heavy atom. The summed E-state index contributed by atoms with van der Waals surface area (Å²) in [7, 11) is 2.93. The Hall–Kier alpha value is -3.52. The maximum atomic E-state index is 12.1. The Kier molecular flexibility index (Phi) is 8.90. The number of carbonyl (C=O) groups excluding carboxylic acids is 3. The summed E-state index contributed by atoms with van der Waals surface area (Å²) < 4.78 is 20.2. The number of nitrogens with one attached hydrogen (secondary N) is 1. The van der Waals surface area contributed by atoms with E-state index in [4.69, 9.17) is 30.5 Å². The maximum Gasteiger partial charge on any atom is 0.340 e. The highest BCUT2D eigenvalue weighted by Crippen LogP contribution is 2.36. The Morgan fingerprint density at radius 1 is 1.06 bits per heavy atom. The Morgan fingerprint density at radius 2 is 1.81 bits per heavy atom. The summed E-state index contributed by atoms with van der Waals surface area (Å²) in [6.45, 7) is 1.35. The highest BCUT2D eigenvalue weighted by atomic mass is 35.5. The fourth-order valence-electron chi connectivity index (χ4n) is 2.55. The van der Waals surface area contributed by atoms with Crippen LogP contribution in [0.25, 0.3) is 6.08 Å². The zero-order valence-corrected chi connectivity index (χ0v) is 18.0. The summed E-state index contributed by atoms with van der Waals surface area (Å²) in [5, 5.41) is 2.84. The van der Waals surface area contributed by atoms with Gasteiger partial charge in [-0.3, -0.25) is 4.79 Å². The van der Waals surface area contributed by atoms with E-state index in [1.165, 1.54) is 26.4 Å². The van der Waals surface area contributed by atoms with Gasteiger partial charge in [-0.1, -0.05) is 23.7 Å². The molecule has 31 heavy (non-hydrogen) atoms. The number of amides is 1. The monoisotopic (exact) mass is 447 g/mol. The van der Waals surface area contributed by atoms with Crippen molar-refractivity contribution in [3.05, 3.63) is 58.6 Å². The third kappa shape index (κ3) is 6.75. The highest BCUT2D eigenvalue weighted by molar-refractivity contribution is 6.32. The number of halogens is 1. The van der Waals surface area contributed by atoms with E-state index in [1.807, 2.05) is 0 Å². The first-order chi connectivity index (χ1) is 14.9. The van der Waals surface area contributed by atoms with Gasteiger partial charge < -0.3 is 24.3 Å². The molecule has 0 radical (unpaired) electrons. The molecule has 0 bridgehead atoms. The lowest BCUT2D eigenvalue weighted by Gasteiger charge is -2.10. The van der Waals surface area contributed by atoms with Gasteiger partial charge in [-0.15, -0.1) is 0 Å². The number of para-hydroxylation sites is 1. The Labute approximate surface area is 184 Å². The lowest BCUT2D eigenvalue weighted by Crippen LogP contribution is -2.21. The van der Waals surface area contributed by atoms with Gasteiger partial charge in [0.05, 0.1) is 37.1 Å². The molecule has 9 heteroatoms. The van der Waals surface area contributed by atoms with Gasteiger partial charge >= 0.3 is 11.9 Å². The van der Waals surface area contributed by atoms with Crippen molar-refractivity contribution in [1.82, 2.24) is 0 Å². The molecule has 0 unspecified atom stereocenters. The van der Waals surface area contributed by atoms with Crippen LogP contribution in [0, 0.1) is 0 Å². The largest absolute Gasteiger partial charge is 0.493 e. The van der Waals surface area contributed by atoms with Crippen LogP contribution in [0.4, 0.5) is 5.69 Å². The molecule has 0 aliphatic carbocycles. The third-order valence-electron chi connectivity index (χ3n) is 3.91. The van der Waals surface area contributed by atoms with Gasteiger partial charge in [0, 0.05) is 6.08 Å². The van der Waals surface area contributed by atoms with E-state index in [2.05, 4.69) is 5.32 Å². The van der Waals surface area contributed by atoms with Crippen LogP contribution in [0.15, 0.2) is 42.5 Å². The molecule has 164 valence electrons. The first kappa shape index (κ1) is 23.8. The fraction of sp³-hybridized carbons (Fsp3) is 0.227. The molecule has 0 atom stereocenters. The van der Waals surface area contributed by atoms with E-state index in [0.717, 1.165) is 6.08 Å². The molecule has 0 spiro atoms. The predicted octanol–water partition coefficient (Wildman–Crippen LogP) is 3.73. The molecule has 1 amide bonds. The quantitative estimate of drug-likeness (QED) is 0.461. The molecular weight excluding hydrogens is 426 g/mol. The van der Waals surface area contributed by atoms with Gasteiger partial charge in [-0.25, -0.2) is 9.59 Å². The zero-order valence-electron chi connectivity index (χ0n) is 17.3.